The molecule has 0 fully saturated rings. The van der Waals surface area contributed by atoms with E-state index in [9.17, 15) is 24.6 Å². The van der Waals surface area contributed by atoms with E-state index in [0.717, 1.165) is 36.5 Å². The van der Waals surface area contributed by atoms with Crippen LogP contribution in [-0.4, -0.2) is 57.8 Å². The van der Waals surface area contributed by atoms with Crippen LogP contribution in [0.1, 0.15) is 77.0 Å². The van der Waals surface area contributed by atoms with Gasteiger partial charge in [-0.1, -0.05) is 81.1 Å². The van der Waals surface area contributed by atoms with E-state index in [1.807, 2.05) is 36.4 Å². The fourth-order valence-electron chi connectivity index (χ4n) is 4.92. The summed E-state index contributed by atoms with van der Waals surface area (Å²) in [5.74, 6) is -1.30. The van der Waals surface area contributed by atoms with Gasteiger partial charge >= 0.3 is 6.09 Å². The molecule has 4 N–H and O–H groups in total. The van der Waals surface area contributed by atoms with Crippen molar-refractivity contribution >= 4 is 34.4 Å². The van der Waals surface area contributed by atoms with Crippen LogP contribution in [0, 0.1) is 6.92 Å². The molecule has 0 aliphatic heterocycles. The standard InChI is InChI=1S/C34H45N3O6/c1-6-7-8-9-12-20-37(32(41)28(22-38)36-33(42)43-34(3,4)5)29(27-17-13-14-23(2)30(27)39)31(40)35-26-19-18-24-15-10-11-16-25(24)21-26/h10-11,13-19,21,28-29,38-39H,6-9,12,20,22H2,1-5H3,(H,35,40)(H,36,42). The number of hydrogen-bond acceptors (Lipinski definition) is 6. The van der Waals surface area contributed by atoms with Gasteiger partial charge in [-0.05, 0) is 62.6 Å². The molecule has 3 rings (SSSR count). The molecule has 9 heteroatoms. The van der Waals surface area contributed by atoms with Crippen LogP contribution in [-0.2, 0) is 14.3 Å². The summed E-state index contributed by atoms with van der Waals surface area (Å²) in [6, 6.07) is 15.7. The van der Waals surface area contributed by atoms with E-state index >= 15 is 0 Å². The van der Waals surface area contributed by atoms with Gasteiger partial charge in [-0.15, -0.1) is 0 Å². The minimum absolute atomic E-state index is 0.106. The van der Waals surface area contributed by atoms with Crippen molar-refractivity contribution < 1.29 is 29.3 Å². The van der Waals surface area contributed by atoms with E-state index in [-0.39, 0.29) is 17.9 Å². The lowest BCUT2D eigenvalue weighted by molar-refractivity contribution is -0.141. The zero-order chi connectivity index (χ0) is 31.6. The quantitative estimate of drug-likeness (QED) is 0.175. The van der Waals surface area contributed by atoms with Gasteiger partial charge in [0.1, 0.15) is 23.4 Å². The number of para-hydroxylation sites is 1. The Morgan fingerprint density at radius 1 is 0.930 bits per heavy atom. The first kappa shape index (κ1) is 33.4. The van der Waals surface area contributed by atoms with Crippen LogP contribution in [0.15, 0.2) is 60.7 Å². The van der Waals surface area contributed by atoms with Gasteiger partial charge in [0.05, 0.1) is 6.61 Å². The van der Waals surface area contributed by atoms with E-state index in [2.05, 4.69) is 17.6 Å². The van der Waals surface area contributed by atoms with E-state index in [0.29, 0.717) is 17.7 Å². The number of alkyl carbamates (subject to hydrolysis) is 1. The summed E-state index contributed by atoms with van der Waals surface area (Å²) in [5.41, 5.74) is 0.500. The van der Waals surface area contributed by atoms with Gasteiger partial charge in [-0.3, -0.25) is 9.59 Å². The van der Waals surface area contributed by atoms with Crippen LogP contribution in [0.5, 0.6) is 5.75 Å². The molecule has 3 amide bonds. The molecule has 232 valence electrons. The van der Waals surface area contributed by atoms with Crippen LogP contribution >= 0.6 is 0 Å². The van der Waals surface area contributed by atoms with Gasteiger partial charge in [-0.25, -0.2) is 4.79 Å². The Labute approximate surface area is 254 Å². The maximum atomic E-state index is 14.1. The average molecular weight is 592 g/mol. The number of phenols is 1. The number of hydrogen-bond donors (Lipinski definition) is 4. The largest absolute Gasteiger partial charge is 0.507 e. The number of ether oxygens (including phenoxy) is 1. The molecule has 0 heterocycles. The minimum atomic E-state index is -1.37. The average Bonchev–Trinajstić information content (AvgIpc) is 2.95. The highest BCUT2D eigenvalue weighted by atomic mass is 16.6. The highest BCUT2D eigenvalue weighted by Gasteiger charge is 2.37. The molecule has 2 atom stereocenters. The summed E-state index contributed by atoms with van der Waals surface area (Å²) in [4.78, 5) is 42.1. The summed E-state index contributed by atoms with van der Waals surface area (Å²) < 4.78 is 5.32. The Balaban J connectivity index is 2.02. The Bertz CT molecular complexity index is 1400. The summed E-state index contributed by atoms with van der Waals surface area (Å²) in [6.45, 7) is 8.36. The van der Waals surface area contributed by atoms with Gasteiger partial charge < -0.3 is 30.5 Å². The first-order valence-electron chi connectivity index (χ1n) is 14.9. The number of aromatic hydroxyl groups is 1. The second-order valence-electron chi connectivity index (χ2n) is 11.8. The normalized spacial score (nSPS) is 12.8. The van der Waals surface area contributed by atoms with E-state index in [4.69, 9.17) is 4.74 Å². The predicted octanol–water partition coefficient (Wildman–Crippen LogP) is 6.22. The lowest BCUT2D eigenvalue weighted by atomic mass is 9.98. The summed E-state index contributed by atoms with van der Waals surface area (Å²) in [5, 5.41) is 28.6. The third-order valence-corrected chi connectivity index (χ3v) is 7.10. The number of fused-ring (bicyclic) bond motifs is 1. The maximum absolute atomic E-state index is 14.1. The number of unbranched alkanes of at least 4 members (excludes halogenated alkanes) is 4. The molecule has 0 aromatic heterocycles. The van der Waals surface area contributed by atoms with Gasteiger partial charge in [0.25, 0.3) is 5.91 Å². The van der Waals surface area contributed by atoms with E-state index in [1.165, 1.54) is 4.90 Å². The minimum Gasteiger partial charge on any atom is -0.507 e. The third kappa shape index (κ3) is 9.44. The second-order valence-corrected chi connectivity index (χ2v) is 11.8. The molecule has 3 aromatic carbocycles. The highest BCUT2D eigenvalue weighted by Crippen LogP contribution is 2.33. The number of aryl methyl sites for hydroxylation is 1. The van der Waals surface area contributed by atoms with Crippen LogP contribution in [0.25, 0.3) is 10.8 Å². The van der Waals surface area contributed by atoms with Crippen molar-refractivity contribution in [1.82, 2.24) is 10.2 Å². The highest BCUT2D eigenvalue weighted by molar-refractivity contribution is 6.00. The van der Waals surface area contributed by atoms with Crippen molar-refractivity contribution in [2.75, 3.05) is 18.5 Å². The zero-order valence-electron chi connectivity index (χ0n) is 25.9. The van der Waals surface area contributed by atoms with Crippen LogP contribution in [0.2, 0.25) is 0 Å². The SMILES string of the molecule is CCCCCCCN(C(=O)C(CO)NC(=O)OC(C)(C)C)C(C(=O)Nc1ccc2ccccc2c1)c1cccc(C)c1O. The second kappa shape index (κ2) is 15.4. The van der Waals surface area contributed by atoms with Crippen molar-refractivity contribution in [2.24, 2.45) is 0 Å². The first-order chi connectivity index (χ1) is 20.4. The first-order valence-corrected chi connectivity index (χ1v) is 14.9. The number of rotatable bonds is 13. The smallest absolute Gasteiger partial charge is 0.408 e. The van der Waals surface area contributed by atoms with Crippen molar-refractivity contribution in [1.29, 1.82) is 0 Å². The summed E-state index contributed by atoms with van der Waals surface area (Å²) >= 11 is 0. The lowest BCUT2D eigenvalue weighted by Crippen LogP contribution is -2.54. The zero-order valence-corrected chi connectivity index (χ0v) is 25.9. The summed E-state index contributed by atoms with van der Waals surface area (Å²) in [7, 11) is 0. The van der Waals surface area contributed by atoms with Crippen molar-refractivity contribution in [3.05, 3.63) is 71.8 Å². The van der Waals surface area contributed by atoms with Crippen LogP contribution in [0.3, 0.4) is 0 Å². The predicted molar refractivity (Wildman–Crippen MR) is 169 cm³/mol. The molecule has 0 saturated carbocycles. The molecule has 0 aliphatic rings. The molecule has 0 bridgehead atoms. The molecule has 43 heavy (non-hydrogen) atoms. The number of nitrogens with one attached hydrogen (secondary N) is 2. The molecule has 0 spiro atoms. The van der Waals surface area contributed by atoms with Gasteiger partial charge in [0, 0.05) is 17.8 Å². The Morgan fingerprint density at radius 3 is 2.30 bits per heavy atom. The van der Waals surface area contributed by atoms with E-state index < -0.39 is 42.2 Å². The number of aliphatic hydroxyl groups excluding tert-OH is 1. The third-order valence-electron chi connectivity index (χ3n) is 7.10. The van der Waals surface area contributed by atoms with E-state index in [1.54, 1.807) is 52.0 Å². The lowest BCUT2D eigenvalue weighted by Gasteiger charge is -2.34. The number of nitrogens with zero attached hydrogens (tertiary/aromatic N) is 1. The molecular weight excluding hydrogens is 546 g/mol. The molecule has 0 aliphatic carbocycles. The molecule has 0 radical (unpaired) electrons. The molecule has 9 nitrogen and oxygen atoms in total. The Hall–Kier alpha value is -4.11. The number of anilines is 1. The number of phenolic OH excluding ortho intramolecular Hbond substituents is 1. The topological polar surface area (TPSA) is 128 Å². The van der Waals surface area contributed by atoms with Crippen LogP contribution in [0.4, 0.5) is 10.5 Å². The number of aliphatic hydroxyl groups is 1. The Kier molecular flexibility index (Phi) is 11.9. The van der Waals surface area contributed by atoms with Gasteiger partial charge in [0.2, 0.25) is 5.91 Å². The van der Waals surface area contributed by atoms with Crippen molar-refractivity contribution in [2.45, 2.75) is 84.4 Å². The van der Waals surface area contributed by atoms with Crippen LogP contribution < -0.4 is 10.6 Å². The molecule has 0 saturated heterocycles. The van der Waals surface area contributed by atoms with Gasteiger partial charge in [0.15, 0.2) is 0 Å². The molecule has 3 aromatic rings. The molecule has 2 unspecified atom stereocenters. The summed E-state index contributed by atoms with van der Waals surface area (Å²) in [6.07, 6.45) is 3.59. The number of benzene rings is 3. The van der Waals surface area contributed by atoms with Crippen molar-refractivity contribution in [3.63, 3.8) is 0 Å². The van der Waals surface area contributed by atoms with Crippen molar-refractivity contribution in [3.8, 4) is 5.75 Å². The number of carbonyl (C=O) groups is 3. The maximum Gasteiger partial charge on any atom is 0.408 e. The molecular formula is C34H45N3O6. The number of carbonyl (C=O) groups excluding carboxylic acids is 3. The monoisotopic (exact) mass is 591 g/mol. The Morgan fingerprint density at radius 2 is 1.63 bits per heavy atom. The number of amides is 3. The van der Waals surface area contributed by atoms with Gasteiger partial charge in [-0.2, -0.15) is 0 Å². The fourth-order valence-corrected chi connectivity index (χ4v) is 4.92. The fraction of sp³-hybridized carbons (Fsp3) is 0.441.